The molecule has 0 aromatic heterocycles. The van der Waals surface area contributed by atoms with E-state index in [1.54, 1.807) is 7.11 Å². The van der Waals surface area contributed by atoms with Crippen LogP contribution in [0.3, 0.4) is 0 Å². The average Bonchev–Trinajstić information content (AvgIpc) is 2.50. The van der Waals surface area contributed by atoms with Crippen LogP contribution in [0.5, 0.6) is 5.75 Å². The Morgan fingerprint density at radius 1 is 1.32 bits per heavy atom. The Hall–Kier alpha value is -2.07. The number of carboxylic acid groups (broad SMARTS) is 1. The molecule has 4 heteroatoms. The number of rotatable bonds is 8. The van der Waals surface area contributed by atoms with E-state index in [0.29, 0.717) is 6.61 Å². The molecule has 0 radical (unpaired) electrons. The molecule has 1 rings (SSSR count). The number of aliphatic carboxylic acids is 1. The lowest BCUT2D eigenvalue weighted by Crippen LogP contribution is -2.21. The Kier molecular flexibility index (Phi) is 7.40. The SMILES string of the molecule is C/C=C/[C@H](OCc1ccc(OC)cc1)[C@H](C)/C(C)=C\C(=O)O. The number of methoxy groups -OCH3 is 1. The van der Waals surface area contributed by atoms with Crippen LogP contribution in [0, 0.1) is 5.92 Å². The minimum atomic E-state index is -0.932. The Balaban J connectivity index is 2.73. The molecular formula is C18H24O4. The van der Waals surface area contributed by atoms with E-state index in [0.717, 1.165) is 16.9 Å². The van der Waals surface area contributed by atoms with Crippen molar-refractivity contribution < 1.29 is 19.4 Å². The molecule has 1 N–H and O–H groups in total. The molecule has 4 nitrogen and oxygen atoms in total. The van der Waals surface area contributed by atoms with Crippen molar-refractivity contribution in [1.82, 2.24) is 0 Å². The highest BCUT2D eigenvalue weighted by Gasteiger charge is 2.17. The Bertz CT molecular complexity index is 529. The maximum absolute atomic E-state index is 10.8. The first-order valence-corrected chi connectivity index (χ1v) is 7.26. The van der Waals surface area contributed by atoms with Crippen molar-refractivity contribution in [3.8, 4) is 5.75 Å². The van der Waals surface area contributed by atoms with Gasteiger partial charge in [0.05, 0.1) is 19.8 Å². The van der Waals surface area contributed by atoms with Crippen LogP contribution in [-0.2, 0) is 16.1 Å². The Labute approximate surface area is 132 Å². The zero-order valence-electron chi connectivity index (χ0n) is 13.6. The summed E-state index contributed by atoms with van der Waals surface area (Å²) in [6.45, 7) is 6.16. The molecular weight excluding hydrogens is 280 g/mol. The van der Waals surface area contributed by atoms with Crippen molar-refractivity contribution in [1.29, 1.82) is 0 Å². The average molecular weight is 304 g/mol. The number of benzene rings is 1. The fraction of sp³-hybridized carbons (Fsp3) is 0.389. The van der Waals surface area contributed by atoms with Crippen LogP contribution < -0.4 is 4.74 Å². The first kappa shape index (κ1) is 18.0. The van der Waals surface area contributed by atoms with Crippen molar-refractivity contribution in [2.75, 3.05) is 7.11 Å². The molecule has 0 heterocycles. The molecule has 120 valence electrons. The van der Waals surface area contributed by atoms with E-state index in [1.807, 2.05) is 57.2 Å². The molecule has 0 aliphatic rings. The topological polar surface area (TPSA) is 55.8 Å². The second-order valence-electron chi connectivity index (χ2n) is 5.16. The molecule has 0 bridgehead atoms. The monoisotopic (exact) mass is 304 g/mol. The molecule has 0 unspecified atom stereocenters. The molecule has 1 aromatic rings. The molecule has 2 atom stereocenters. The highest BCUT2D eigenvalue weighted by atomic mass is 16.5. The third kappa shape index (κ3) is 5.74. The molecule has 0 spiro atoms. The molecule has 22 heavy (non-hydrogen) atoms. The number of carbonyl (C=O) groups is 1. The van der Waals surface area contributed by atoms with Crippen molar-refractivity contribution >= 4 is 5.97 Å². The lowest BCUT2D eigenvalue weighted by Gasteiger charge is -2.22. The minimum Gasteiger partial charge on any atom is -0.497 e. The van der Waals surface area contributed by atoms with E-state index in [9.17, 15) is 4.79 Å². The van der Waals surface area contributed by atoms with Crippen molar-refractivity contribution in [2.24, 2.45) is 5.92 Å². The van der Waals surface area contributed by atoms with E-state index >= 15 is 0 Å². The lowest BCUT2D eigenvalue weighted by atomic mass is 9.95. The summed E-state index contributed by atoms with van der Waals surface area (Å²) in [7, 11) is 1.63. The van der Waals surface area contributed by atoms with E-state index < -0.39 is 5.97 Å². The molecule has 0 saturated heterocycles. The third-order valence-corrected chi connectivity index (χ3v) is 3.55. The first-order chi connectivity index (χ1) is 10.5. The zero-order valence-corrected chi connectivity index (χ0v) is 13.6. The maximum atomic E-state index is 10.8. The van der Waals surface area contributed by atoms with Gasteiger partial charge >= 0.3 is 5.97 Å². The highest BCUT2D eigenvalue weighted by Crippen LogP contribution is 2.20. The molecule has 0 saturated carbocycles. The van der Waals surface area contributed by atoms with Gasteiger partial charge in [-0.3, -0.25) is 0 Å². The van der Waals surface area contributed by atoms with E-state index in [4.69, 9.17) is 14.6 Å². The molecule has 0 aliphatic heterocycles. The van der Waals surface area contributed by atoms with E-state index in [2.05, 4.69) is 0 Å². The van der Waals surface area contributed by atoms with Gasteiger partial charge in [-0.25, -0.2) is 4.79 Å². The summed E-state index contributed by atoms with van der Waals surface area (Å²) in [5, 5.41) is 8.85. The minimum absolute atomic E-state index is 0.00875. The van der Waals surface area contributed by atoms with Crippen LogP contribution in [0.25, 0.3) is 0 Å². The number of carboxylic acids is 1. The van der Waals surface area contributed by atoms with Crippen LogP contribution >= 0.6 is 0 Å². The van der Waals surface area contributed by atoms with Gasteiger partial charge in [0.25, 0.3) is 0 Å². The molecule has 0 fully saturated rings. The fourth-order valence-corrected chi connectivity index (χ4v) is 2.06. The predicted octanol–water partition coefficient (Wildman–Crippen LogP) is 3.82. The van der Waals surface area contributed by atoms with Crippen LogP contribution in [-0.4, -0.2) is 24.3 Å². The number of hydrogen-bond acceptors (Lipinski definition) is 3. The Morgan fingerprint density at radius 2 is 1.95 bits per heavy atom. The van der Waals surface area contributed by atoms with Gasteiger partial charge < -0.3 is 14.6 Å². The summed E-state index contributed by atoms with van der Waals surface area (Å²) in [6, 6.07) is 7.69. The van der Waals surface area contributed by atoms with Gasteiger partial charge in [-0.2, -0.15) is 0 Å². The molecule has 1 aromatic carbocycles. The van der Waals surface area contributed by atoms with Crippen LogP contribution in [0.2, 0.25) is 0 Å². The zero-order chi connectivity index (χ0) is 16.5. The summed E-state index contributed by atoms with van der Waals surface area (Å²) < 4.78 is 11.1. The van der Waals surface area contributed by atoms with Gasteiger partial charge in [-0.1, -0.05) is 36.8 Å². The van der Waals surface area contributed by atoms with Gasteiger partial charge in [0.15, 0.2) is 0 Å². The lowest BCUT2D eigenvalue weighted by molar-refractivity contribution is -0.131. The summed E-state index contributed by atoms with van der Waals surface area (Å²) in [5.41, 5.74) is 1.83. The summed E-state index contributed by atoms with van der Waals surface area (Å²) in [5.74, 6) is -0.133. The van der Waals surface area contributed by atoms with E-state index in [1.165, 1.54) is 6.08 Å². The summed E-state index contributed by atoms with van der Waals surface area (Å²) >= 11 is 0. The Morgan fingerprint density at radius 3 is 2.45 bits per heavy atom. The van der Waals surface area contributed by atoms with Crippen LogP contribution in [0.15, 0.2) is 48.1 Å². The second-order valence-corrected chi connectivity index (χ2v) is 5.16. The van der Waals surface area contributed by atoms with Gasteiger partial charge in [-0.05, 0) is 31.5 Å². The number of hydrogen-bond donors (Lipinski definition) is 1. The quantitative estimate of drug-likeness (QED) is 0.586. The maximum Gasteiger partial charge on any atom is 0.328 e. The molecule has 0 amide bonds. The normalized spacial score (nSPS) is 14.8. The van der Waals surface area contributed by atoms with Gasteiger partial charge in [0.2, 0.25) is 0 Å². The van der Waals surface area contributed by atoms with Crippen molar-refractivity contribution in [3.63, 3.8) is 0 Å². The van der Waals surface area contributed by atoms with Gasteiger partial charge in [0.1, 0.15) is 5.75 Å². The summed E-state index contributed by atoms with van der Waals surface area (Å²) in [4.78, 5) is 10.8. The number of ether oxygens (including phenoxy) is 2. The largest absolute Gasteiger partial charge is 0.497 e. The molecule has 0 aliphatic carbocycles. The fourth-order valence-electron chi connectivity index (χ4n) is 2.06. The second kappa shape index (κ2) is 9.05. The van der Waals surface area contributed by atoms with Crippen LogP contribution in [0.4, 0.5) is 0 Å². The van der Waals surface area contributed by atoms with Crippen molar-refractivity contribution in [3.05, 3.63) is 53.6 Å². The van der Waals surface area contributed by atoms with Crippen LogP contribution in [0.1, 0.15) is 26.3 Å². The summed E-state index contributed by atoms with van der Waals surface area (Å²) in [6.07, 6.45) is 4.94. The third-order valence-electron chi connectivity index (χ3n) is 3.55. The van der Waals surface area contributed by atoms with Crippen molar-refractivity contribution in [2.45, 2.75) is 33.5 Å². The predicted molar refractivity (Wildman–Crippen MR) is 86.9 cm³/mol. The first-order valence-electron chi connectivity index (χ1n) is 7.26. The standard InChI is InChI=1S/C18H24O4/c1-5-6-17(14(3)13(2)11-18(19)20)22-12-15-7-9-16(21-4)10-8-15/h5-11,14,17H,12H2,1-4H3,(H,19,20)/b6-5+,13-11-/t14-,17+/m1/s1. The highest BCUT2D eigenvalue weighted by molar-refractivity contribution is 5.80. The number of allylic oxidation sites excluding steroid dienone is 1. The van der Waals surface area contributed by atoms with Gasteiger partial charge in [-0.15, -0.1) is 0 Å². The van der Waals surface area contributed by atoms with E-state index in [-0.39, 0.29) is 12.0 Å². The van der Waals surface area contributed by atoms with Gasteiger partial charge in [0, 0.05) is 12.0 Å². The smallest absolute Gasteiger partial charge is 0.328 e.